The largest absolute Gasteiger partial charge is 0.482 e. The summed E-state index contributed by atoms with van der Waals surface area (Å²) in [6.07, 6.45) is 0. The minimum atomic E-state index is -0.618. The zero-order valence-electron chi connectivity index (χ0n) is 15.9. The van der Waals surface area contributed by atoms with E-state index in [9.17, 15) is 14.0 Å². The highest BCUT2D eigenvalue weighted by Gasteiger charge is 2.25. The molecule has 30 heavy (non-hydrogen) atoms. The van der Waals surface area contributed by atoms with Gasteiger partial charge >= 0.3 is 5.97 Å². The molecule has 0 fully saturated rings. The molecule has 1 heterocycles. The highest BCUT2D eigenvalue weighted by molar-refractivity contribution is 7.17. The Kier molecular flexibility index (Phi) is 6.97. The molecule has 0 radical (unpaired) electrons. The lowest BCUT2D eigenvalue weighted by Gasteiger charge is -2.10. The molecular formula is C21H16Cl2FNO4S. The number of rotatable bonds is 6. The first-order chi connectivity index (χ1) is 14.3. The van der Waals surface area contributed by atoms with Crippen molar-refractivity contribution in [3.63, 3.8) is 0 Å². The number of benzene rings is 2. The summed E-state index contributed by atoms with van der Waals surface area (Å²) in [5, 5.41) is 3.72. The zero-order valence-corrected chi connectivity index (χ0v) is 18.3. The number of nitrogens with one attached hydrogen (secondary N) is 1. The molecule has 1 aromatic heterocycles. The Morgan fingerprint density at radius 1 is 1.13 bits per heavy atom. The monoisotopic (exact) mass is 467 g/mol. The van der Waals surface area contributed by atoms with Crippen LogP contribution in [-0.4, -0.2) is 25.6 Å². The second kappa shape index (κ2) is 9.47. The van der Waals surface area contributed by atoms with Gasteiger partial charge in [0.15, 0.2) is 6.61 Å². The van der Waals surface area contributed by atoms with Gasteiger partial charge in [-0.1, -0.05) is 35.3 Å². The van der Waals surface area contributed by atoms with Gasteiger partial charge in [-0.15, -0.1) is 11.3 Å². The lowest BCUT2D eigenvalue weighted by Crippen LogP contribution is -2.21. The third-order valence-corrected chi connectivity index (χ3v) is 5.68. The van der Waals surface area contributed by atoms with Crippen LogP contribution in [0, 0.1) is 12.7 Å². The summed E-state index contributed by atoms with van der Waals surface area (Å²) in [5.74, 6) is -1.24. The lowest BCUT2D eigenvalue weighted by molar-refractivity contribution is -0.118. The van der Waals surface area contributed by atoms with Gasteiger partial charge in [0.1, 0.15) is 22.1 Å². The van der Waals surface area contributed by atoms with Crippen molar-refractivity contribution in [2.24, 2.45) is 0 Å². The molecule has 9 heteroatoms. The Labute approximate surface area is 186 Å². The molecule has 5 nitrogen and oxygen atoms in total. The first-order valence-electron chi connectivity index (χ1n) is 8.65. The van der Waals surface area contributed by atoms with E-state index in [0.29, 0.717) is 26.2 Å². The van der Waals surface area contributed by atoms with Crippen molar-refractivity contribution in [1.82, 2.24) is 0 Å². The van der Waals surface area contributed by atoms with E-state index in [-0.39, 0.29) is 17.9 Å². The van der Waals surface area contributed by atoms with Crippen molar-refractivity contribution in [2.75, 3.05) is 19.0 Å². The minimum Gasteiger partial charge on any atom is -0.482 e. The van der Waals surface area contributed by atoms with Crippen molar-refractivity contribution >= 4 is 51.4 Å². The third kappa shape index (κ3) is 4.92. The second-order valence-electron chi connectivity index (χ2n) is 6.15. The van der Waals surface area contributed by atoms with Crippen LogP contribution in [0.15, 0.2) is 42.5 Å². The fourth-order valence-corrected chi connectivity index (χ4v) is 4.20. The molecule has 0 atom stereocenters. The van der Waals surface area contributed by atoms with Crippen molar-refractivity contribution in [3.8, 4) is 16.9 Å². The van der Waals surface area contributed by atoms with Gasteiger partial charge in [-0.2, -0.15) is 0 Å². The number of hydrogen-bond acceptors (Lipinski definition) is 5. The summed E-state index contributed by atoms with van der Waals surface area (Å²) in [4.78, 5) is 25.6. The highest BCUT2D eigenvalue weighted by atomic mass is 35.5. The minimum absolute atomic E-state index is 0.195. The van der Waals surface area contributed by atoms with Crippen LogP contribution in [0.4, 0.5) is 9.39 Å². The average molecular weight is 468 g/mol. The van der Waals surface area contributed by atoms with Gasteiger partial charge in [-0.3, -0.25) is 4.79 Å². The molecule has 0 aliphatic carbocycles. The molecule has 1 N–H and O–H groups in total. The van der Waals surface area contributed by atoms with Gasteiger partial charge in [0.2, 0.25) is 0 Å². The molecule has 3 rings (SSSR count). The predicted molar refractivity (Wildman–Crippen MR) is 116 cm³/mol. The number of aryl methyl sites for hydroxylation is 1. The SMILES string of the molecule is COC(=O)c1c(NC(=O)COc2cc(Cl)ccc2Cl)sc(C)c1-c1ccc(F)cc1. The van der Waals surface area contributed by atoms with Gasteiger partial charge in [0.25, 0.3) is 5.91 Å². The fraction of sp³-hybridized carbons (Fsp3) is 0.143. The van der Waals surface area contributed by atoms with E-state index in [1.165, 1.54) is 36.6 Å². The fourth-order valence-electron chi connectivity index (χ4n) is 2.79. The number of methoxy groups -OCH3 is 1. The van der Waals surface area contributed by atoms with E-state index in [4.69, 9.17) is 32.7 Å². The first kappa shape index (κ1) is 22.1. The summed E-state index contributed by atoms with van der Waals surface area (Å²) in [6, 6.07) is 10.4. The average Bonchev–Trinajstić information content (AvgIpc) is 3.04. The maximum atomic E-state index is 13.3. The van der Waals surface area contributed by atoms with Gasteiger partial charge in [0.05, 0.1) is 12.1 Å². The normalized spacial score (nSPS) is 10.6. The number of anilines is 1. The molecular weight excluding hydrogens is 452 g/mol. The summed E-state index contributed by atoms with van der Waals surface area (Å²) < 4.78 is 23.6. The summed E-state index contributed by atoms with van der Waals surface area (Å²) >= 11 is 13.1. The quantitative estimate of drug-likeness (QED) is 0.453. The van der Waals surface area contributed by atoms with Gasteiger partial charge in [-0.05, 0) is 36.8 Å². The molecule has 3 aromatic rings. The summed E-state index contributed by atoms with van der Waals surface area (Å²) in [5.41, 5.74) is 1.40. The van der Waals surface area contributed by atoms with E-state index in [2.05, 4.69) is 5.32 Å². The number of carbonyl (C=O) groups excluding carboxylic acids is 2. The van der Waals surface area contributed by atoms with E-state index >= 15 is 0 Å². The number of esters is 1. The van der Waals surface area contributed by atoms with Crippen LogP contribution in [0.2, 0.25) is 10.0 Å². The van der Waals surface area contributed by atoms with Gasteiger partial charge in [0, 0.05) is 21.5 Å². The summed E-state index contributed by atoms with van der Waals surface area (Å²) in [7, 11) is 1.25. The molecule has 1 amide bonds. The van der Waals surface area contributed by atoms with E-state index < -0.39 is 17.7 Å². The molecule has 0 aliphatic rings. The Hall–Kier alpha value is -2.61. The molecule has 0 saturated carbocycles. The maximum absolute atomic E-state index is 13.3. The smallest absolute Gasteiger partial charge is 0.341 e. The van der Waals surface area contributed by atoms with Crippen LogP contribution >= 0.6 is 34.5 Å². The molecule has 0 spiro atoms. The topological polar surface area (TPSA) is 64.6 Å². The third-order valence-electron chi connectivity index (χ3n) is 4.11. The van der Waals surface area contributed by atoms with Gasteiger partial charge < -0.3 is 14.8 Å². The molecule has 156 valence electrons. The number of amides is 1. The Morgan fingerprint density at radius 3 is 2.50 bits per heavy atom. The number of carbonyl (C=O) groups is 2. The lowest BCUT2D eigenvalue weighted by atomic mass is 10.0. The van der Waals surface area contributed by atoms with Crippen LogP contribution in [-0.2, 0) is 9.53 Å². The number of halogens is 3. The van der Waals surface area contributed by atoms with Crippen molar-refractivity contribution in [2.45, 2.75) is 6.92 Å². The van der Waals surface area contributed by atoms with Crippen molar-refractivity contribution in [3.05, 3.63) is 68.8 Å². The zero-order chi connectivity index (χ0) is 21.8. The Bertz CT molecular complexity index is 1100. The highest BCUT2D eigenvalue weighted by Crippen LogP contribution is 2.40. The van der Waals surface area contributed by atoms with Crippen molar-refractivity contribution < 1.29 is 23.5 Å². The Morgan fingerprint density at radius 2 is 1.83 bits per heavy atom. The van der Waals surface area contributed by atoms with Crippen LogP contribution in [0.1, 0.15) is 15.2 Å². The molecule has 0 bridgehead atoms. The molecule has 0 saturated heterocycles. The van der Waals surface area contributed by atoms with Crippen LogP contribution in [0.25, 0.3) is 11.1 Å². The van der Waals surface area contributed by atoms with E-state index in [0.717, 1.165) is 4.88 Å². The standard InChI is InChI=1S/C21H16Cl2FNO4S/c1-11-18(12-3-6-14(24)7-4-12)19(21(27)28-2)20(30-11)25-17(26)10-29-16-9-13(22)5-8-15(16)23/h3-9H,10H2,1-2H3,(H,25,26). The van der Waals surface area contributed by atoms with Gasteiger partial charge in [-0.25, -0.2) is 9.18 Å². The van der Waals surface area contributed by atoms with E-state index in [1.54, 1.807) is 31.2 Å². The number of thiophene rings is 1. The predicted octanol–water partition coefficient (Wildman–Crippen LogP) is 5.97. The number of ether oxygens (including phenoxy) is 2. The Balaban J connectivity index is 1.85. The van der Waals surface area contributed by atoms with Crippen LogP contribution in [0.3, 0.4) is 0 Å². The van der Waals surface area contributed by atoms with Crippen molar-refractivity contribution in [1.29, 1.82) is 0 Å². The first-order valence-corrected chi connectivity index (χ1v) is 10.2. The molecule has 0 aliphatic heterocycles. The van der Waals surface area contributed by atoms with Crippen LogP contribution in [0.5, 0.6) is 5.75 Å². The molecule has 2 aromatic carbocycles. The summed E-state index contributed by atoms with van der Waals surface area (Å²) in [6.45, 7) is 1.46. The van der Waals surface area contributed by atoms with E-state index in [1.807, 2.05) is 0 Å². The number of hydrogen-bond donors (Lipinski definition) is 1. The van der Waals surface area contributed by atoms with Crippen LogP contribution < -0.4 is 10.1 Å². The maximum Gasteiger partial charge on any atom is 0.341 e. The second-order valence-corrected chi connectivity index (χ2v) is 8.22. The molecule has 0 unspecified atom stereocenters.